The van der Waals surface area contributed by atoms with E-state index in [-0.39, 0.29) is 53.5 Å². The van der Waals surface area contributed by atoms with Crippen molar-refractivity contribution in [2.45, 2.75) is 56.8 Å². The lowest BCUT2D eigenvalue weighted by atomic mass is 9.57. The Kier molecular flexibility index (Phi) is 8.44. The van der Waals surface area contributed by atoms with E-state index in [2.05, 4.69) is 0 Å². The number of phenolic OH excluding ortho intramolecular Hbond substituents is 1. The lowest BCUT2D eigenvalue weighted by Crippen LogP contribution is -2.65. The van der Waals surface area contributed by atoms with Crippen molar-refractivity contribution in [3.05, 3.63) is 80.6 Å². The summed E-state index contributed by atoms with van der Waals surface area (Å²) < 4.78 is 0. The van der Waals surface area contributed by atoms with Gasteiger partial charge in [0.1, 0.15) is 22.8 Å². The van der Waals surface area contributed by atoms with Gasteiger partial charge in [-0.25, -0.2) is 0 Å². The zero-order valence-electron chi connectivity index (χ0n) is 26.3. The van der Waals surface area contributed by atoms with Gasteiger partial charge in [0.2, 0.25) is 5.78 Å². The Morgan fingerprint density at radius 2 is 1.72 bits per heavy atom. The number of nitrogens with two attached hydrogens (primary N) is 1. The molecule has 11 nitrogen and oxygen atoms in total. The Balaban J connectivity index is 1.53. The molecule has 1 fully saturated rings. The molecular weight excluding hydrogens is 614 g/mol. The maximum absolute atomic E-state index is 14.0. The van der Waals surface area contributed by atoms with Crippen LogP contribution in [0.25, 0.3) is 5.76 Å². The molecule has 6 N–H and O–H groups in total. The first kappa shape index (κ1) is 33.3. The van der Waals surface area contributed by atoms with Crippen LogP contribution in [0.1, 0.15) is 42.5 Å². The second-order valence-corrected chi connectivity index (χ2v) is 13.6. The highest BCUT2D eigenvalue weighted by Gasteiger charge is 2.64. The predicted octanol–water partition coefficient (Wildman–Crippen LogP) is 2.64. The number of Topliss-reactive ketones (excluding diaryl/α,β-unsaturated/α-hetero) is 3. The molecule has 3 aliphatic carbocycles. The molecule has 2 aromatic rings. The van der Waals surface area contributed by atoms with Crippen LogP contribution in [0, 0.1) is 11.8 Å². The van der Waals surface area contributed by atoms with Gasteiger partial charge in [-0.05, 0) is 76.5 Å². The molecule has 0 heterocycles. The van der Waals surface area contributed by atoms with Crippen LogP contribution in [0.3, 0.4) is 0 Å². The van der Waals surface area contributed by atoms with Crippen molar-refractivity contribution in [2.24, 2.45) is 17.6 Å². The van der Waals surface area contributed by atoms with E-state index in [1.165, 1.54) is 25.1 Å². The van der Waals surface area contributed by atoms with Gasteiger partial charge in [-0.15, -0.1) is 0 Å². The summed E-state index contributed by atoms with van der Waals surface area (Å²) in [5.74, 6) is -7.31. The van der Waals surface area contributed by atoms with Gasteiger partial charge in [0, 0.05) is 29.5 Å². The van der Waals surface area contributed by atoms with E-state index in [4.69, 9.17) is 17.3 Å². The Morgan fingerprint density at radius 3 is 2.30 bits per heavy atom. The van der Waals surface area contributed by atoms with E-state index in [0.29, 0.717) is 11.1 Å². The normalized spacial score (nSPS) is 24.7. The van der Waals surface area contributed by atoms with E-state index >= 15 is 0 Å². The molecule has 0 aliphatic heterocycles. The molecule has 12 heteroatoms. The van der Waals surface area contributed by atoms with Gasteiger partial charge < -0.3 is 26.2 Å². The van der Waals surface area contributed by atoms with Crippen LogP contribution in [-0.2, 0) is 38.6 Å². The molecule has 46 heavy (non-hydrogen) atoms. The van der Waals surface area contributed by atoms with E-state index in [1.54, 1.807) is 20.9 Å². The molecule has 1 amide bonds. The zero-order valence-corrected chi connectivity index (χ0v) is 27.1. The van der Waals surface area contributed by atoms with Gasteiger partial charge in [0.05, 0.1) is 17.1 Å². The van der Waals surface area contributed by atoms with Crippen molar-refractivity contribution in [1.82, 2.24) is 9.80 Å². The number of aliphatic hydroxyl groups is 3. The molecule has 0 bridgehead atoms. The molecule has 0 saturated heterocycles. The number of phenols is 1. The van der Waals surface area contributed by atoms with Crippen LogP contribution in [0.4, 0.5) is 0 Å². The first-order chi connectivity index (χ1) is 21.4. The highest BCUT2D eigenvalue weighted by molar-refractivity contribution is 6.32. The van der Waals surface area contributed by atoms with Crippen molar-refractivity contribution < 1.29 is 39.6 Å². The van der Waals surface area contributed by atoms with Crippen LogP contribution >= 0.6 is 11.6 Å². The zero-order chi connectivity index (χ0) is 34.0. The average Bonchev–Trinajstić information content (AvgIpc) is 2.97. The largest absolute Gasteiger partial charge is 0.508 e. The molecule has 0 unspecified atom stereocenters. The molecular formula is C34H38ClN3O8. The van der Waals surface area contributed by atoms with Gasteiger partial charge in [-0.2, -0.15) is 0 Å². The van der Waals surface area contributed by atoms with Crippen LogP contribution in [0.5, 0.6) is 5.75 Å². The van der Waals surface area contributed by atoms with Gasteiger partial charge >= 0.3 is 0 Å². The number of likely N-dealkylation sites (N-methyl/N-ethyl adjacent to an activating group) is 2. The molecule has 0 aromatic heterocycles. The number of primary amides is 1. The maximum Gasteiger partial charge on any atom is 0.255 e. The quantitative estimate of drug-likeness (QED) is 0.266. The van der Waals surface area contributed by atoms with E-state index < -0.39 is 63.6 Å². The Morgan fingerprint density at radius 1 is 1.09 bits per heavy atom. The highest BCUT2D eigenvalue weighted by atomic mass is 35.5. The Hall–Kier alpha value is -4.03. The average molecular weight is 652 g/mol. The van der Waals surface area contributed by atoms with Gasteiger partial charge in [0.25, 0.3) is 5.91 Å². The number of hydrogen-bond acceptors (Lipinski definition) is 10. The van der Waals surface area contributed by atoms with Crippen LogP contribution < -0.4 is 5.73 Å². The summed E-state index contributed by atoms with van der Waals surface area (Å²) >= 11 is 6.93. The number of aromatic hydroxyl groups is 1. The molecule has 1 saturated carbocycles. The molecule has 3 aliphatic rings. The highest BCUT2D eigenvalue weighted by Crippen LogP contribution is 2.53. The lowest BCUT2D eigenvalue weighted by molar-refractivity contribution is -0.153. The second-order valence-electron chi connectivity index (χ2n) is 13.2. The summed E-state index contributed by atoms with van der Waals surface area (Å²) in [6.07, 6.45) is 0.247. The standard InChI is InChI=1S/C34H38ClN3O8/c1-33(2,22(40)11-16-9-7-6-8-10-16)38(5)15-18-14-21(39)24-19(26(18)35)12-17-13-20-27(37(3)4)29(42)25(32(36)45)31(44)34(20,46)30(43)23(17)28(24)41/h6-10,14,17,20,27,39,41,44,46H,11-13,15H2,1-5H3,(H2,36,45)/t17-,20-,27-,34-/m0/s1. The maximum atomic E-state index is 14.0. The smallest absolute Gasteiger partial charge is 0.255 e. The number of benzene rings is 2. The van der Waals surface area contributed by atoms with E-state index in [9.17, 15) is 39.6 Å². The number of fused-ring (bicyclic) bond motifs is 3. The number of hydrogen-bond donors (Lipinski definition) is 5. The third-order valence-corrected chi connectivity index (χ3v) is 10.5. The SMILES string of the molecule is CN(C)[C@@H]1C(=O)C(C(N)=O)=C(O)[C@@]2(O)C(=O)C3=C(O)c4c(O)cc(CN(C)C(C)(C)C(=O)Cc5ccccc5)c(Cl)c4C[C@H]3C[C@@H]12. The van der Waals surface area contributed by atoms with Crippen LogP contribution in [-0.4, -0.2) is 91.8 Å². The summed E-state index contributed by atoms with van der Waals surface area (Å²) in [7, 11) is 4.85. The number of carbonyl (C=O) groups is 4. The third-order valence-electron chi connectivity index (χ3n) is 9.98. The third kappa shape index (κ3) is 5.02. The summed E-state index contributed by atoms with van der Waals surface area (Å²) in [5.41, 5.74) is 2.27. The number of amides is 1. The Labute approximate surface area is 271 Å². The fourth-order valence-electron chi connectivity index (χ4n) is 7.13. The number of rotatable bonds is 8. The monoisotopic (exact) mass is 651 g/mol. The number of ketones is 3. The number of nitrogens with zero attached hydrogens (tertiary/aromatic N) is 2. The minimum Gasteiger partial charge on any atom is -0.508 e. The molecule has 5 rings (SSSR count). The van der Waals surface area contributed by atoms with E-state index in [1.807, 2.05) is 35.2 Å². The topological polar surface area (TPSA) is 182 Å². The van der Waals surface area contributed by atoms with Crippen LogP contribution in [0.2, 0.25) is 5.02 Å². The molecule has 4 atom stereocenters. The first-order valence-corrected chi connectivity index (χ1v) is 15.3. The fraction of sp³-hybridized carbons (Fsp3) is 0.412. The second kappa shape index (κ2) is 11.6. The van der Waals surface area contributed by atoms with Gasteiger partial charge in [0.15, 0.2) is 17.2 Å². The van der Waals surface area contributed by atoms with Crippen molar-refractivity contribution >= 4 is 40.6 Å². The van der Waals surface area contributed by atoms with E-state index in [0.717, 1.165) is 5.56 Å². The number of carbonyl (C=O) groups excluding carboxylic acids is 4. The van der Waals surface area contributed by atoms with Gasteiger partial charge in [-0.3, -0.25) is 29.0 Å². The minimum atomic E-state index is -2.72. The summed E-state index contributed by atoms with van der Waals surface area (Å²) in [6.45, 7) is 3.78. The summed E-state index contributed by atoms with van der Waals surface area (Å²) in [5, 5.41) is 45.6. The Bertz CT molecular complexity index is 1730. The van der Waals surface area contributed by atoms with Crippen molar-refractivity contribution in [3.63, 3.8) is 0 Å². The fourth-order valence-corrected chi connectivity index (χ4v) is 7.41. The molecule has 244 valence electrons. The number of aliphatic hydroxyl groups excluding tert-OH is 2. The minimum absolute atomic E-state index is 0.0211. The lowest BCUT2D eigenvalue weighted by Gasteiger charge is -2.50. The molecule has 0 spiro atoms. The predicted molar refractivity (Wildman–Crippen MR) is 170 cm³/mol. The van der Waals surface area contributed by atoms with Crippen LogP contribution in [0.15, 0.2) is 53.3 Å². The molecule has 2 aromatic carbocycles. The van der Waals surface area contributed by atoms with Crippen molar-refractivity contribution in [1.29, 1.82) is 0 Å². The van der Waals surface area contributed by atoms with Crippen molar-refractivity contribution in [3.8, 4) is 5.75 Å². The first-order valence-electron chi connectivity index (χ1n) is 14.9. The number of halogens is 1. The van der Waals surface area contributed by atoms with Crippen molar-refractivity contribution in [2.75, 3.05) is 21.1 Å². The molecule has 0 radical (unpaired) electrons. The summed E-state index contributed by atoms with van der Waals surface area (Å²) in [6, 6.07) is 9.57. The van der Waals surface area contributed by atoms with Gasteiger partial charge in [-0.1, -0.05) is 41.9 Å². The summed E-state index contributed by atoms with van der Waals surface area (Å²) in [4.78, 5) is 56.0.